The van der Waals surface area contributed by atoms with Crippen molar-refractivity contribution in [2.24, 2.45) is 5.92 Å². The van der Waals surface area contributed by atoms with Crippen LogP contribution in [0, 0.1) is 5.92 Å². The predicted octanol–water partition coefficient (Wildman–Crippen LogP) is 4.41. The molecule has 0 radical (unpaired) electrons. The van der Waals surface area contributed by atoms with Crippen molar-refractivity contribution in [3.05, 3.63) is 59.7 Å². The van der Waals surface area contributed by atoms with E-state index in [1.165, 1.54) is 4.90 Å². The molecule has 0 bridgehead atoms. The van der Waals surface area contributed by atoms with Crippen molar-refractivity contribution < 1.29 is 24.2 Å². The molecule has 2 aromatic rings. The van der Waals surface area contributed by atoms with E-state index in [0.717, 1.165) is 41.5 Å². The number of carboxylic acid groups (broad SMARTS) is 1. The molecule has 7 heteroatoms. The van der Waals surface area contributed by atoms with Gasteiger partial charge in [-0.1, -0.05) is 68.3 Å². The number of hydrogen-bond acceptors (Lipinski definition) is 4. The minimum atomic E-state index is -0.963. The van der Waals surface area contributed by atoms with Gasteiger partial charge >= 0.3 is 12.1 Å². The number of nitrogens with zero attached hydrogens (tertiary/aromatic N) is 1. The van der Waals surface area contributed by atoms with Gasteiger partial charge in [-0.3, -0.25) is 4.79 Å². The lowest BCUT2D eigenvalue weighted by Crippen LogP contribution is -2.49. The molecule has 2 atom stereocenters. The Morgan fingerprint density at radius 2 is 1.68 bits per heavy atom. The summed E-state index contributed by atoms with van der Waals surface area (Å²) in [4.78, 5) is 38.8. The van der Waals surface area contributed by atoms with Crippen LogP contribution in [0.3, 0.4) is 0 Å². The molecule has 34 heavy (non-hydrogen) atoms. The average molecular weight is 465 g/mol. The molecule has 1 heterocycles. The van der Waals surface area contributed by atoms with E-state index in [9.17, 15) is 19.5 Å². The molecular weight excluding hydrogens is 432 g/mol. The maximum atomic E-state index is 13.1. The SMILES string of the molecule is CCC(CNC(=O)OCC1c2ccccc2-c2ccccc21)C(=O)N1CCCCCC1C(=O)O. The molecule has 1 saturated heterocycles. The van der Waals surface area contributed by atoms with Gasteiger partial charge in [-0.2, -0.15) is 0 Å². The number of fused-ring (bicyclic) bond motifs is 3. The zero-order valence-corrected chi connectivity index (χ0v) is 19.5. The summed E-state index contributed by atoms with van der Waals surface area (Å²) < 4.78 is 5.57. The number of rotatable bonds is 7. The molecule has 2 aliphatic rings. The van der Waals surface area contributed by atoms with Crippen LogP contribution in [-0.2, 0) is 14.3 Å². The summed E-state index contributed by atoms with van der Waals surface area (Å²) in [5, 5.41) is 12.3. The summed E-state index contributed by atoms with van der Waals surface area (Å²) >= 11 is 0. The molecular formula is C27H32N2O5. The van der Waals surface area contributed by atoms with Crippen LogP contribution in [0.15, 0.2) is 48.5 Å². The van der Waals surface area contributed by atoms with Crippen molar-refractivity contribution in [2.45, 2.75) is 51.0 Å². The lowest BCUT2D eigenvalue weighted by molar-refractivity contribution is -0.152. The maximum Gasteiger partial charge on any atom is 0.407 e. The number of carboxylic acids is 1. The van der Waals surface area contributed by atoms with Gasteiger partial charge in [0, 0.05) is 19.0 Å². The Bertz CT molecular complexity index is 1010. The van der Waals surface area contributed by atoms with E-state index in [1.54, 1.807) is 0 Å². The van der Waals surface area contributed by atoms with Gasteiger partial charge < -0.3 is 20.1 Å². The third-order valence-electron chi connectivity index (χ3n) is 7.00. The zero-order chi connectivity index (χ0) is 24.1. The maximum absolute atomic E-state index is 13.1. The molecule has 1 aliphatic heterocycles. The number of hydrogen-bond donors (Lipinski definition) is 2. The second-order valence-corrected chi connectivity index (χ2v) is 9.05. The van der Waals surface area contributed by atoms with Crippen LogP contribution in [0.4, 0.5) is 4.79 Å². The van der Waals surface area contributed by atoms with Gasteiger partial charge in [-0.25, -0.2) is 9.59 Å². The fourth-order valence-corrected chi connectivity index (χ4v) is 5.13. The van der Waals surface area contributed by atoms with Gasteiger partial charge in [-0.15, -0.1) is 0 Å². The number of carbonyl (C=O) groups is 3. The van der Waals surface area contributed by atoms with E-state index in [0.29, 0.717) is 19.4 Å². The zero-order valence-electron chi connectivity index (χ0n) is 19.5. The molecule has 7 nitrogen and oxygen atoms in total. The van der Waals surface area contributed by atoms with Crippen molar-refractivity contribution >= 4 is 18.0 Å². The van der Waals surface area contributed by atoms with E-state index in [4.69, 9.17) is 4.74 Å². The fourth-order valence-electron chi connectivity index (χ4n) is 5.13. The predicted molar refractivity (Wildman–Crippen MR) is 128 cm³/mol. The fraction of sp³-hybridized carbons (Fsp3) is 0.444. The highest BCUT2D eigenvalue weighted by molar-refractivity contribution is 5.85. The number of ether oxygens (including phenoxy) is 1. The Hall–Kier alpha value is -3.35. The molecule has 0 saturated carbocycles. The van der Waals surface area contributed by atoms with E-state index >= 15 is 0 Å². The van der Waals surface area contributed by atoms with E-state index < -0.39 is 24.0 Å². The normalized spacial score (nSPS) is 18.4. The molecule has 0 spiro atoms. The summed E-state index contributed by atoms with van der Waals surface area (Å²) in [5.74, 6) is -1.69. The summed E-state index contributed by atoms with van der Waals surface area (Å²) in [6.07, 6.45) is 2.92. The quantitative estimate of drug-likeness (QED) is 0.633. The first-order valence-corrected chi connectivity index (χ1v) is 12.1. The Morgan fingerprint density at radius 1 is 1.03 bits per heavy atom. The first kappa shape index (κ1) is 23.8. The summed E-state index contributed by atoms with van der Waals surface area (Å²) in [7, 11) is 0. The van der Waals surface area contributed by atoms with Crippen LogP contribution in [0.1, 0.15) is 56.1 Å². The van der Waals surface area contributed by atoms with Gasteiger partial charge in [0.2, 0.25) is 5.91 Å². The number of alkyl carbamates (subject to hydrolysis) is 1. The number of likely N-dealkylation sites (tertiary alicyclic amines) is 1. The molecule has 1 aliphatic carbocycles. The largest absolute Gasteiger partial charge is 0.480 e. The monoisotopic (exact) mass is 464 g/mol. The number of nitrogens with one attached hydrogen (secondary N) is 1. The van der Waals surface area contributed by atoms with E-state index in [2.05, 4.69) is 29.6 Å². The van der Waals surface area contributed by atoms with Crippen LogP contribution in [-0.4, -0.2) is 53.7 Å². The van der Waals surface area contributed by atoms with Crippen molar-refractivity contribution in [3.8, 4) is 11.1 Å². The first-order valence-electron chi connectivity index (χ1n) is 12.1. The molecule has 180 valence electrons. The second kappa shape index (κ2) is 10.7. The van der Waals surface area contributed by atoms with Crippen molar-refractivity contribution in [1.82, 2.24) is 10.2 Å². The minimum Gasteiger partial charge on any atom is -0.480 e. The number of carbonyl (C=O) groups excluding carboxylic acids is 2. The van der Waals surface area contributed by atoms with Gasteiger partial charge in [0.1, 0.15) is 12.6 Å². The Morgan fingerprint density at radius 3 is 2.29 bits per heavy atom. The van der Waals surface area contributed by atoms with Crippen LogP contribution in [0.2, 0.25) is 0 Å². The number of benzene rings is 2. The Balaban J connectivity index is 1.35. The molecule has 2 unspecified atom stereocenters. The third-order valence-corrected chi connectivity index (χ3v) is 7.00. The summed E-state index contributed by atoms with van der Waals surface area (Å²) in [5.41, 5.74) is 4.60. The highest BCUT2D eigenvalue weighted by atomic mass is 16.5. The Labute approximate surface area is 200 Å². The lowest BCUT2D eigenvalue weighted by atomic mass is 9.98. The highest BCUT2D eigenvalue weighted by Crippen LogP contribution is 2.44. The molecule has 0 aromatic heterocycles. The number of amides is 2. The van der Waals surface area contributed by atoms with Crippen molar-refractivity contribution in [1.29, 1.82) is 0 Å². The van der Waals surface area contributed by atoms with Gasteiger partial charge in [-0.05, 0) is 41.5 Å². The Kier molecular flexibility index (Phi) is 7.50. The average Bonchev–Trinajstić information content (AvgIpc) is 2.98. The van der Waals surface area contributed by atoms with Gasteiger partial charge in [0.15, 0.2) is 0 Å². The molecule has 1 fully saturated rings. The number of aliphatic carboxylic acids is 1. The van der Waals surface area contributed by atoms with Gasteiger partial charge in [0.25, 0.3) is 0 Å². The standard InChI is InChI=1S/C27H32N2O5/c1-2-18(25(30)29-15-9-3-4-14-24(29)26(31)32)16-28-27(33)34-17-23-21-12-7-5-10-19(21)20-11-6-8-13-22(20)23/h5-8,10-13,18,23-24H,2-4,9,14-17H2,1H3,(H,28,33)(H,31,32). The van der Waals surface area contributed by atoms with E-state index in [-0.39, 0.29) is 25.0 Å². The molecule has 4 rings (SSSR count). The minimum absolute atomic E-state index is 0.0322. The van der Waals surface area contributed by atoms with Crippen LogP contribution < -0.4 is 5.32 Å². The topological polar surface area (TPSA) is 95.9 Å². The van der Waals surface area contributed by atoms with Crippen molar-refractivity contribution in [2.75, 3.05) is 19.7 Å². The van der Waals surface area contributed by atoms with Crippen LogP contribution >= 0.6 is 0 Å². The molecule has 2 aromatic carbocycles. The lowest BCUT2D eigenvalue weighted by Gasteiger charge is -2.30. The first-order chi connectivity index (χ1) is 16.5. The highest BCUT2D eigenvalue weighted by Gasteiger charge is 2.34. The van der Waals surface area contributed by atoms with E-state index in [1.807, 2.05) is 31.2 Å². The molecule has 2 N–H and O–H groups in total. The molecule has 2 amide bonds. The second-order valence-electron chi connectivity index (χ2n) is 9.05. The summed E-state index contributed by atoms with van der Waals surface area (Å²) in [6.45, 7) is 2.64. The summed E-state index contributed by atoms with van der Waals surface area (Å²) in [6, 6.07) is 15.5. The van der Waals surface area contributed by atoms with Crippen molar-refractivity contribution in [3.63, 3.8) is 0 Å². The smallest absolute Gasteiger partial charge is 0.407 e. The third kappa shape index (κ3) is 4.93. The van der Waals surface area contributed by atoms with Crippen LogP contribution in [0.25, 0.3) is 11.1 Å². The van der Waals surface area contributed by atoms with Crippen LogP contribution in [0.5, 0.6) is 0 Å². The van der Waals surface area contributed by atoms with Gasteiger partial charge in [0.05, 0.1) is 5.92 Å².